The molecule has 17 heavy (non-hydrogen) atoms. The maximum Gasteiger partial charge on any atom is 0.225 e. The van der Waals surface area contributed by atoms with Crippen molar-refractivity contribution in [3.05, 3.63) is 0 Å². The first kappa shape index (κ1) is 12.9. The summed E-state index contributed by atoms with van der Waals surface area (Å²) in [7, 11) is 1.97. The lowest BCUT2D eigenvalue weighted by Crippen LogP contribution is -2.36. The Kier molecular flexibility index (Phi) is 4.43. The fraction of sp³-hybridized carbons (Fsp3) is 0.929. The van der Waals surface area contributed by atoms with Crippen molar-refractivity contribution in [1.82, 2.24) is 4.90 Å². The predicted molar refractivity (Wildman–Crippen MR) is 69.5 cm³/mol. The number of nitrogens with two attached hydrogens (primary N) is 1. The number of rotatable bonds is 6. The number of hydrogen-bond donors (Lipinski definition) is 1. The summed E-state index contributed by atoms with van der Waals surface area (Å²) in [6.07, 6.45) is 8.46. The number of amides is 1. The summed E-state index contributed by atoms with van der Waals surface area (Å²) in [6, 6.07) is 0. The minimum atomic E-state index is 0.355. The minimum absolute atomic E-state index is 0.355. The summed E-state index contributed by atoms with van der Waals surface area (Å²) >= 11 is 0. The fourth-order valence-electron chi connectivity index (χ4n) is 3.61. The van der Waals surface area contributed by atoms with Gasteiger partial charge in [0.15, 0.2) is 0 Å². The number of unbranched alkanes of at least 4 members (excludes halogenated alkanes) is 2. The monoisotopic (exact) mass is 238 g/mol. The zero-order valence-electron chi connectivity index (χ0n) is 11.0. The average molecular weight is 238 g/mol. The Morgan fingerprint density at radius 2 is 2.06 bits per heavy atom. The molecule has 2 rings (SSSR count). The molecule has 2 aliphatic rings. The summed E-state index contributed by atoms with van der Waals surface area (Å²) in [5, 5.41) is 0. The van der Waals surface area contributed by atoms with Crippen LogP contribution >= 0.6 is 0 Å². The van der Waals surface area contributed by atoms with Crippen LogP contribution < -0.4 is 5.73 Å². The largest absolute Gasteiger partial charge is 0.346 e. The summed E-state index contributed by atoms with van der Waals surface area (Å²) < 4.78 is 0. The second-order valence-corrected chi connectivity index (χ2v) is 5.89. The molecule has 98 valence electrons. The van der Waals surface area contributed by atoms with Gasteiger partial charge >= 0.3 is 0 Å². The van der Waals surface area contributed by atoms with Crippen molar-refractivity contribution in [2.24, 2.45) is 23.5 Å². The lowest BCUT2D eigenvalue weighted by Gasteiger charge is -2.26. The van der Waals surface area contributed by atoms with Crippen molar-refractivity contribution in [3.63, 3.8) is 0 Å². The van der Waals surface area contributed by atoms with Gasteiger partial charge in [-0.3, -0.25) is 4.79 Å². The van der Waals surface area contributed by atoms with Crippen LogP contribution in [0.5, 0.6) is 0 Å². The zero-order chi connectivity index (χ0) is 12.3. The van der Waals surface area contributed by atoms with Crippen LogP contribution in [-0.2, 0) is 4.79 Å². The van der Waals surface area contributed by atoms with Crippen LogP contribution in [0.25, 0.3) is 0 Å². The SMILES string of the molecule is CN(CCCCCN)C(=O)C1CC2CCC1C2. The molecular formula is C14H26N2O. The van der Waals surface area contributed by atoms with E-state index in [0.717, 1.165) is 44.7 Å². The number of fused-ring (bicyclic) bond motifs is 2. The van der Waals surface area contributed by atoms with E-state index in [1.807, 2.05) is 11.9 Å². The van der Waals surface area contributed by atoms with Gasteiger partial charge < -0.3 is 10.6 Å². The third-order valence-electron chi connectivity index (χ3n) is 4.63. The van der Waals surface area contributed by atoms with E-state index in [0.29, 0.717) is 17.7 Å². The molecule has 0 heterocycles. The smallest absolute Gasteiger partial charge is 0.225 e. The van der Waals surface area contributed by atoms with Gasteiger partial charge in [0.05, 0.1) is 0 Å². The highest BCUT2D eigenvalue weighted by atomic mass is 16.2. The van der Waals surface area contributed by atoms with Crippen LogP contribution in [0.4, 0.5) is 0 Å². The van der Waals surface area contributed by atoms with Crippen LogP contribution in [0.3, 0.4) is 0 Å². The zero-order valence-corrected chi connectivity index (χ0v) is 11.0. The third-order valence-corrected chi connectivity index (χ3v) is 4.63. The standard InChI is InChI=1S/C14H26N2O/c1-16(8-4-2-3-7-15)14(17)13-10-11-5-6-12(13)9-11/h11-13H,2-10,15H2,1H3. The number of hydrogen-bond acceptors (Lipinski definition) is 2. The van der Waals surface area contributed by atoms with E-state index in [1.54, 1.807) is 0 Å². The molecule has 2 saturated carbocycles. The van der Waals surface area contributed by atoms with Gasteiger partial charge in [-0.25, -0.2) is 0 Å². The Morgan fingerprint density at radius 1 is 1.24 bits per heavy atom. The van der Waals surface area contributed by atoms with Crippen molar-refractivity contribution in [2.45, 2.75) is 44.9 Å². The topological polar surface area (TPSA) is 46.3 Å². The van der Waals surface area contributed by atoms with Crippen LogP contribution in [0.1, 0.15) is 44.9 Å². The molecular weight excluding hydrogens is 212 g/mol. The van der Waals surface area contributed by atoms with Crippen molar-refractivity contribution in [1.29, 1.82) is 0 Å². The highest BCUT2D eigenvalue weighted by molar-refractivity contribution is 5.79. The number of carbonyl (C=O) groups excluding carboxylic acids is 1. The normalized spacial score (nSPS) is 30.8. The van der Waals surface area contributed by atoms with Crippen LogP contribution in [0, 0.1) is 17.8 Å². The fourth-order valence-corrected chi connectivity index (χ4v) is 3.61. The van der Waals surface area contributed by atoms with Crippen molar-refractivity contribution in [3.8, 4) is 0 Å². The maximum atomic E-state index is 12.3. The highest BCUT2D eigenvalue weighted by Crippen LogP contribution is 2.48. The van der Waals surface area contributed by atoms with Gasteiger partial charge in [-0.1, -0.05) is 12.8 Å². The van der Waals surface area contributed by atoms with Gasteiger partial charge in [0.1, 0.15) is 0 Å². The molecule has 0 saturated heterocycles. The third kappa shape index (κ3) is 3.01. The van der Waals surface area contributed by atoms with Crippen LogP contribution in [0.2, 0.25) is 0 Å². The molecule has 0 aliphatic heterocycles. The molecule has 0 radical (unpaired) electrons. The average Bonchev–Trinajstić information content (AvgIpc) is 2.95. The van der Waals surface area contributed by atoms with Crippen LogP contribution in [-0.4, -0.2) is 30.9 Å². The first-order valence-electron chi connectivity index (χ1n) is 7.17. The van der Waals surface area contributed by atoms with E-state index in [-0.39, 0.29) is 0 Å². The second kappa shape index (κ2) is 5.85. The molecule has 0 aromatic carbocycles. The Hall–Kier alpha value is -0.570. The summed E-state index contributed by atoms with van der Waals surface area (Å²) in [6.45, 7) is 1.68. The summed E-state index contributed by atoms with van der Waals surface area (Å²) in [4.78, 5) is 14.3. The predicted octanol–water partition coefficient (Wildman–Crippen LogP) is 2.01. The molecule has 0 aromatic rings. The van der Waals surface area contributed by atoms with Gasteiger partial charge in [0.2, 0.25) is 5.91 Å². The van der Waals surface area contributed by atoms with E-state index in [4.69, 9.17) is 5.73 Å². The van der Waals surface area contributed by atoms with E-state index in [1.165, 1.54) is 19.3 Å². The Labute approximate surface area is 105 Å². The summed E-state index contributed by atoms with van der Waals surface area (Å²) in [5.41, 5.74) is 5.47. The maximum absolute atomic E-state index is 12.3. The number of nitrogens with zero attached hydrogens (tertiary/aromatic N) is 1. The van der Waals surface area contributed by atoms with Gasteiger partial charge in [-0.15, -0.1) is 0 Å². The van der Waals surface area contributed by atoms with Crippen LogP contribution in [0.15, 0.2) is 0 Å². The van der Waals surface area contributed by atoms with E-state index < -0.39 is 0 Å². The Bertz CT molecular complexity index is 267. The molecule has 0 spiro atoms. The summed E-state index contributed by atoms with van der Waals surface area (Å²) in [5.74, 6) is 2.33. The van der Waals surface area contributed by atoms with E-state index in [2.05, 4.69) is 0 Å². The molecule has 1 amide bonds. The van der Waals surface area contributed by atoms with E-state index in [9.17, 15) is 4.79 Å². The van der Waals surface area contributed by atoms with Gasteiger partial charge in [-0.2, -0.15) is 0 Å². The molecule has 3 heteroatoms. The molecule has 0 aromatic heterocycles. The Morgan fingerprint density at radius 3 is 2.65 bits per heavy atom. The first-order valence-corrected chi connectivity index (χ1v) is 7.17. The molecule has 2 N–H and O–H groups in total. The number of carbonyl (C=O) groups is 1. The molecule has 3 atom stereocenters. The van der Waals surface area contributed by atoms with Crippen molar-refractivity contribution in [2.75, 3.05) is 20.1 Å². The molecule has 2 fully saturated rings. The lowest BCUT2D eigenvalue weighted by atomic mass is 9.88. The Balaban J connectivity index is 1.72. The van der Waals surface area contributed by atoms with E-state index >= 15 is 0 Å². The molecule has 3 unspecified atom stereocenters. The quantitative estimate of drug-likeness (QED) is 0.720. The minimum Gasteiger partial charge on any atom is -0.346 e. The first-order chi connectivity index (χ1) is 8.22. The van der Waals surface area contributed by atoms with Gasteiger partial charge in [-0.05, 0) is 50.5 Å². The second-order valence-electron chi connectivity index (χ2n) is 5.89. The van der Waals surface area contributed by atoms with Gasteiger partial charge in [0.25, 0.3) is 0 Å². The lowest BCUT2D eigenvalue weighted by molar-refractivity contribution is -0.135. The molecule has 2 bridgehead atoms. The highest BCUT2D eigenvalue weighted by Gasteiger charge is 2.43. The van der Waals surface area contributed by atoms with Crippen molar-refractivity contribution >= 4 is 5.91 Å². The molecule has 2 aliphatic carbocycles. The molecule has 3 nitrogen and oxygen atoms in total. The van der Waals surface area contributed by atoms with Crippen molar-refractivity contribution < 1.29 is 4.79 Å². The van der Waals surface area contributed by atoms with Gasteiger partial charge in [0, 0.05) is 19.5 Å².